The molecule has 0 aliphatic carbocycles. The molecule has 1 aromatic rings. The van der Waals surface area contributed by atoms with Crippen molar-refractivity contribution in [3.8, 4) is 0 Å². The van der Waals surface area contributed by atoms with E-state index in [1.807, 2.05) is 6.92 Å². The van der Waals surface area contributed by atoms with Crippen LogP contribution >= 0.6 is 0 Å². The van der Waals surface area contributed by atoms with Gasteiger partial charge in [-0.05, 0) is 18.6 Å². The summed E-state index contributed by atoms with van der Waals surface area (Å²) in [5.74, 6) is -0.979. The molecule has 0 saturated carbocycles. The van der Waals surface area contributed by atoms with Gasteiger partial charge in [-0.25, -0.2) is 0 Å². The molecule has 104 valence electrons. The summed E-state index contributed by atoms with van der Waals surface area (Å²) in [7, 11) is 1.40. The summed E-state index contributed by atoms with van der Waals surface area (Å²) in [5.41, 5.74) is 1.19. The van der Waals surface area contributed by atoms with Crippen LogP contribution < -0.4 is 5.32 Å². The van der Waals surface area contributed by atoms with Crippen molar-refractivity contribution in [3.63, 3.8) is 0 Å². The number of ether oxygens (including phenoxy) is 1. The van der Waals surface area contributed by atoms with Crippen LogP contribution in [0.4, 0.5) is 11.4 Å². The van der Waals surface area contributed by atoms with E-state index in [9.17, 15) is 14.9 Å². The number of carbonyl (C=O) groups is 1. The van der Waals surface area contributed by atoms with Gasteiger partial charge in [0.05, 0.1) is 17.4 Å². The Morgan fingerprint density at radius 2 is 2.26 bits per heavy atom. The highest BCUT2D eigenvalue weighted by Gasteiger charge is 2.16. The second-order valence-corrected chi connectivity index (χ2v) is 4.11. The molecule has 1 atom stereocenters. The van der Waals surface area contributed by atoms with Crippen molar-refractivity contribution in [2.75, 3.05) is 19.0 Å². The number of rotatable bonds is 7. The molecular weight excluding hydrogens is 252 g/mol. The molecule has 0 saturated heterocycles. The number of benzene rings is 1. The summed E-state index contributed by atoms with van der Waals surface area (Å²) >= 11 is 0. The zero-order valence-corrected chi connectivity index (χ0v) is 10.8. The van der Waals surface area contributed by atoms with E-state index in [0.29, 0.717) is 5.69 Å². The van der Waals surface area contributed by atoms with Gasteiger partial charge in [0, 0.05) is 19.7 Å². The van der Waals surface area contributed by atoms with Gasteiger partial charge in [0.2, 0.25) is 0 Å². The quantitative estimate of drug-likeness (QED) is 0.577. The first-order chi connectivity index (χ1) is 8.93. The molecule has 1 unspecified atom stereocenters. The van der Waals surface area contributed by atoms with Crippen molar-refractivity contribution in [1.82, 2.24) is 0 Å². The summed E-state index contributed by atoms with van der Waals surface area (Å²) in [6.45, 7) is 2.01. The zero-order valence-electron chi connectivity index (χ0n) is 10.8. The van der Waals surface area contributed by atoms with Crippen LogP contribution in [0.5, 0.6) is 0 Å². The Labute approximate surface area is 110 Å². The number of nitrogens with zero attached hydrogens (tertiary/aromatic N) is 1. The second kappa shape index (κ2) is 6.69. The maximum atomic E-state index is 10.9. The predicted molar refractivity (Wildman–Crippen MR) is 69.4 cm³/mol. The molecule has 19 heavy (non-hydrogen) atoms. The van der Waals surface area contributed by atoms with Gasteiger partial charge in [-0.3, -0.25) is 14.9 Å². The minimum atomic E-state index is -0.979. The number of nitro groups is 1. The third-order valence-electron chi connectivity index (χ3n) is 2.60. The van der Waals surface area contributed by atoms with Crippen molar-refractivity contribution in [1.29, 1.82) is 0 Å². The predicted octanol–water partition coefficient (Wildman–Crippen LogP) is 1.80. The fourth-order valence-corrected chi connectivity index (χ4v) is 1.61. The van der Waals surface area contributed by atoms with Gasteiger partial charge >= 0.3 is 5.97 Å². The standard InChI is InChI=1S/C12H16N2O5/c1-8-3-4-11(14(17)18)10(5-8)13-7-9(19-2)6-12(15)16/h3-5,9,13H,6-7H2,1-2H3,(H,15,16). The molecule has 0 aliphatic heterocycles. The average molecular weight is 268 g/mol. The van der Waals surface area contributed by atoms with E-state index in [2.05, 4.69) is 5.32 Å². The number of nitrogens with one attached hydrogen (secondary N) is 1. The minimum absolute atomic E-state index is 0.0456. The van der Waals surface area contributed by atoms with Crippen molar-refractivity contribution < 1.29 is 19.6 Å². The first-order valence-corrected chi connectivity index (χ1v) is 5.67. The first-order valence-electron chi connectivity index (χ1n) is 5.67. The molecule has 1 rings (SSSR count). The summed E-state index contributed by atoms with van der Waals surface area (Å²) in [6.07, 6.45) is -0.707. The van der Waals surface area contributed by atoms with Gasteiger partial charge in [-0.2, -0.15) is 0 Å². The third kappa shape index (κ3) is 4.55. The van der Waals surface area contributed by atoms with Crippen LogP contribution in [-0.4, -0.2) is 35.8 Å². The van der Waals surface area contributed by atoms with Crippen LogP contribution in [0.3, 0.4) is 0 Å². The van der Waals surface area contributed by atoms with Crippen molar-refractivity contribution in [3.05, 3.63) is 33.9 Å². The summed E-state index contributed by atoms with van der Waals surface area (Å²) in [4.78, 5) is 21.0. The van der Waals surface area contributed by atoms with E-state index in [4.69, 9.17) is 9.84 Å². The normalized spacial score (nSPS) is 11.9. The minimum Gasteiger partial charge on any atom is -0.481 e. The Bertz CT molecular complexity index is 475. The number of aryl methyl sites for hydroxylation is 1. The molecule has 0 heterocycles. The molecule has 7 heteroatoms. The van der Waals surface area contributed by atoms with Gasteiger partial charge in [0.1, 0.15) is 5.69 Å². The lowest BCUT2D eigenvalue weighted by Crippen LogP contribution is -2.25. The Morgan fingerprint density at radius 3 is 2.79 bits per heavy atom. The monoisotopic (exact) mass is 268 g/mol. The van der Waals surface area contributed by atoms with E-state index < -0.39 is 17.0 Å². The molecule has 0 radical (unpaired) electrons. The fraction of sp³-hybridized carbons (Fsp3) is 0.417. The van der Waals surface area contributed by atoms with Crippen LogP contribution in [0, 0.1) is 17.0 Å². The van der Waals surface area contributed by atoms with Crippen LogP contribution in [0.25, 0.3) is 0 Å². The lowest BCUT2D eigenvalue weighted by molar-refractivity contribution is -0.384. The fourth-order valence-electron chi connectivity index (χ4n) is 1.61. The van der Waals surface area contributed by atoms with E-state index in [1.54, 1.807) is 12.1 Å². The number of nitro benzene ring substituents is 1. The summed E-state index contributed by atoms with van der Waals surface area (Å²) in [5, 5.41) is 22.4. The highest BCUT2D eigenvalue weighted by Crippen LogP contribution is 2.25. The molecule has 0 fully saturated rings. The summed E-state index contributed by atoms with van der Waals surface area (Å²) < 4.78 is 5.00. The molecular formula is C12H16N2O5. The molecule has 0 spiro atoms. The van der Waals surface area contributed by atoms with Gasteiger partial charge in [0.25, 0.3) is 5.69 Å². The van der Waals surface area contributed by atoms with Crippen LogP contribution in [0.1, 0.15) is 12.0 Å². The second-order valence-electron chi connectivity index (χ2n) is 4.11. The van der Waals surface area contributed by atoms with E-state index in [-0.39, 0.29) is 18.7 Å². The van der Waals surface area contributed by atoms with E-state index >= 15 is 0 Å². The lowest BCUT2D eigenvalue weighted by atomic mass is 10.2. The number of hydrogen-bond donors (Lipinski definition) is 2. The number of methoxy groups -OCH3 is 1. The largest absolute Gasteiger partial charge is 0.481 e. The SMILES string of the molecule is COC(CNc1cc(C)ccc1[N+](=O)[O-])CC(=O)O. The Morgan fingerprint density at radius 1 is 1.58 bits per heavy atom. The van der Waals surface area contributed by atoms with E-state index in [1.165, 1.54) is 13.2 Å². The number of carboxylic acid groups (broad SMARTS) is 1. The molecule has 1 aromatic carbocycles. The lowest BCUT2D eigenvalue weighted by Gasteiger charge is -2.15. The van der Waals surface area contributed by atoms with Crippen molar-refractivity contribution >= 4 is 17.3 Å². The average Bonchev–Trinajstić information content (AvgIpc) is 2.33. The first kappa shape index (κ1) is 14.9. The third-order valence-corrected chi connectivity index (χ3v) is 2.60. The maximum absolute atomic E-state index is 10.9. The van der Waals surface area contributed by atoms with Gasteiger partial charge in [-0.15, -0.1) is 0 Å². The number of anilines is 1. The summed E-state index contributed by atoms with van der Waals surface area (Å²) in [6, 6.07) is 4.71. The van der Waals surface area contributed by atoms with Crippen LogP contribution in [0.2, 0.25) is 0 Å². The number of hydrogen-bond acceptors (Lipinski definition) is 5. The molecule has 0 aliphatic rings. The molecule has 2 N–H and O–H groups in total. The Kier molecular flexibility index (Phi) is 5.25. The number of aliphatic carboxylic acids is 1. The maximum Gasteiger partial charge on any atom is 0.306 e. The smallest absolute Gasteiger partial charge is 0.306 e. The van der Waals surface area contributed by atoms with Crippen molar-refractivity contribution in [2.24, 2.45) is 0 Å². The highest BCUT2D eigenvalue weighted by atomic mass is 16.6. The van der Waals surface area contributed by atoms with E-state index in [0.717, 1.165) is 5.56 Å². The molecule has 0 amide bonds. The van der Waals surface area contributed by atoms with Gasteiger partial charge < -0.3 is 15.2 Å². The van der Waals surface area contributed by atoms with Crippen LogP contribution in [0.15, 0.2) is 18.2 Å². The number of carboxylic acids is 1. The van der Waals surface area contributed by atoms with Gasteiger partial charge in [-0.1, -0.05) is 6.07 Å². The topological polar surface area (TPSA) is 102 Å². The highest BCUT2D eigenvalue weighted by molar-refractivity contribution is 5.67. The Balaban J connectivity index is 2.78. The Hall–Kier alpha value is -2.15. The molecule has 0 aromatic heterocycles. The molecule has 0 bridgehead atoms. The van der Waals surface area contributed by atoms with Gasteiger partial charge in [0.15, 0.2) is 0 Å². The van der Waals surface area contributed by atoms with Crippen molar-refractivity contribution in [2.45, 2.75) is 19.4 Å². The van der Waals surface area contributed by atoms with Crippen LogP contribution in [-0.2, 0) is 9.53 Å². The zero-order chi connectivity index (χ0) is 14.4. The molecule has 7 nitrogen and oxygen atoms in total.